The molecule has 3 rings (SSSR count). The minimum absolute atomic E-state index is 0.337. The third kappa shape index (κ3) is 6.72. The number of nitrogens with zero attached hydrogens (tertiary/aromatic N) is 2. The molecule has 4 nitrogen and oxygen atoms in total. The standard InChI is InChI=1S/C22H36N4S/c1-3-23-21(25-18-22(2)12-7-15-27-22)24-16-20-11-14-26(17-20)13-10-19-8-5-4-6-9-19/h4-6,8-9,20H,3,7,10-18H2,1-2H3,(H2,23,24,25). The number of guanidine groups is 1. The molecule has 5 heteroatoms. The van der Waals surface area contributed by atoms with Crippen LogP contribution >= 0.6 is 11.8 Å². The number of hydrogen-bond acceptors (Lipinski definition) is 3. The van der Waals surface area contributed by atoms with Crippen molar-refractivity contribution >= 4 is 17.7 Å². The lowest BCUT2D eigenvalue weighted by Crippen LogP contribution is -2.41. The van der Waals surface area contributed by atoms with E-state index in [9.17, 15) is 0 Å². The first-order valence-corrected chi connectivity index (χ1v) is 11.6. The molecule has 2 aliphatic rings. The van der Waals surface area contributed by atoms with Gasteiger partial charge in [0.2, 0.25) is 0 Å². The van der Waals surface area contributed by atoms with Gasteiger partial charge in [-0.3, -0.25) is 4.99 Å². The largest absolute Gasteiger partial charge is 0.357 e. The van der Waals surface area contributed by atoms with Crippen molar-refractivity contribution in [2.24, 2.45) is 10.9 Å². The summed E-state index contributed by atoms with van der Waals surface area (Å²) < 4.78 is 0.337. The SMILES string of the molecule is CCNC(=NCC1(C)CCCS1)NCC1CCN(CCc2ccccc2)C1. The lowest BCUT2D eigenvalue weighted by atomic mass is 10.1. The van der Waals surface area contributed by atoms with Crippen LogP contribution in [-0.4, -0.2) is 60.6 Å². The maximum absolute atomic E-state index is 4.88. The molecule has 2 fully saturated rings. The minimum atomic E-state index is 0.337. The van der Waals surface area contributed by atoms with Crippen molar-refractivity contribution in [3.8, 4) is 0 Å². The average molecular weight is 389 g/mol. The Bertz CT molecular complexity index is 583. The van der Waals surface area contributed by atoms with Gasteiger partial charge in [0.15, 0.2) is 5.96 Å². The molecule has 2 heterocycles. The highest BCUT2D eigenvalue weighted by Crippen LogP contribution is 2.37. The molecule has 2 unspecified atom stereocenters. The van der Waals surface area contributed by atoms with E-state index in [0.717, 1.165) is 37.9 Å². The van der Waals surface area contributed by atoms with Gasteiger partial charge in [-0.25, -0.2) is 0 Å². The molecule has 2 atom stereocenters. The van der Waals surface area contributed by atoms with Crippen molar-refractivity contribution in [2.45, 2.75) is 44.3 Å². The molecule has 0 radical (unpaired) electrons. The van der Waals surface area contributed by atoms with Gasteiger partial charge >= 0.3 is 0 Å². The molecule has 150 valence electrons. The molecule has 2 aliphatic heterocycles. The van der Waals surface area contributed by atoms with Crippen LogP contribution in [0.5, 0.6) is 0 Å². The lowest BCUT2D eigenvalue weighted by molar-refractivity contribution is 0.328. The van der Waals surface area contributed by atoms with E-state index in [1.54, 1.807) is 0 Å². The van der Waals surface area contributed by atoms with Crippen LogP contribution < -0.4 is 10.6 Å². The number of nitrogens with one attached hydrogen (secondary N) is 2. The fraction of sp³-hybridized carbons (Fsp3) is 0.682. The van der Waals surface area contributed by atoms with E-state index in [2.05, 4.69) is 71.5 Å². The van der Waals surface area contributed by atoms with Gasteiger partial charge in [-0.15, -0.1) is 0 Å². The van der Waals surface area contributed by atoms with E-state index < -0.39 is 0 Å². The Balaban J connectivity index is 1.40. The zero-order chi connectivity index (χ0) is 19.0. The third-order valence-corrected chi connectivity index (χ3v) is 7.23. The normalized spacial score (nSPS) is 26.4. The van der Waals surface area contributed by atoms with Crippen LogP contribution in [0.4, 0.5) is 0 Å². The quantitative estimate of drug-likeness (QED) is 0.529. The van der Waals surface area contributed by atoms with Gasteiger partial charge in [0.05, 0.1) is 6.54 Å². The van der Waals surface area contributed by atoms with Gasteiger partial charge in [-0.1, -0.05) is 30.3 Å². The number of likely N-dealkylation sites (tertiary alicyclic amines) is 1. The fourth-order valence-corrected chi connectivity index (χ4v) is 5.23. The van der Waals surface area contributed by atoms with E-state index in [0.29, 0.717) is 4.75 Å². The van der Waals surface area contributed by atoms with Crippen molar-refractivity contribution in [1.82, 2.24) is 15.5 Å². The first-order valence-electron chi connectivity index (χ1n) is 10.6. The van der Waals surface area contributed by atoms with Gasteiger partial charge in [-0.2, -0.15) is 11.8 Å². The predicted octanol–water partition coefficient (Wildman–Crippen LogP) is 3.39. The number of thioether (sulfide) groups is 1. The zero-order valence-electron chi connectivity index (χ0n) is 17.0. The van der Waals surface area contributed by atoms with Crippen molar-refractivity contribution in [1.29, 1.82) is 0 Å². The Hall–Kier alpha value is -1.20. The average Bonchev–Trinajstić information content (AvgIpc) is 3.33. The molecule has 0 aromatic heterocycles. The topological polar surface area (TPSA) is 39.7 Å². The lowest BCUT2D eigenvalue weighted by Gasteiger charge is -2.21. The summed E-state index contributed by atoms with van der Waals surface area (Å²) in [6.45, 7) is 11.0. The van der Waals surface area contributed by atoms with Crippen LogP contribution in [0.15, 0.2) is 35.3 Å². The van der Waals surface area contributed by atoms with E-state index in [-0.39, 0.29) is 0 Å². The second-order valence-electron chi connectivity index (χ2n) is 8.17. The number of benzene rings is 1. The first-order chi connectivity index (χ1) is 13.2. The Morgan fingerprint density at radius 2 is 2.15 bits per heavy atom. The maximum atomic E-state index is 4.88. The number of aliphatic imine (C=N–C) groups is 1. The van der Waals surface area contributed by atoms with Gasteiger partial charge in [0.1, 0.15) is 0 Å². The van der Waals surface area contributed by atoms with Gasteiger partial charge in [-0.05, 0) is 63.3 Å². The molecule has 2 N–H and O–H groups in total. The predicted molar refractivity (Wildman–Crippen MR) is 119 cm³/mol. The van der Waals surface area contributed by atoms with Crippen LogP contribution in [0.2, 0.25) is 0 Å². The molecule has 2 saturated heterocycles. The van der Waals surface area contributed by atoms with Gasteiger partial charge in [0, 0.05) is 30.9 Å². The van der Waals surface area contributed by atoms with E-state index in [1.807, 2.05) is 0 Å². The van der Waals surface area contributed by atoms with Crippen LogP contribution in [0.1, 0.15) is 38.7 Å². The fourth-order valence-electron chi connectivity index (χ4n) is 4.01. The van der Waals surface area contributed by atoms with Crippen molar-refractivity contribution in [3.05, 3.63) is 35.9 Å². The third-order valence-electron chi connectivity index (χ3n) is 5.70. The summed E-state index contributed by atoms with van der Waals surface area (Å²) in [6.07, 6.45) is 5.07. The molecule has 27 heavy (non-hydrogen) atoms. The molecule has 0 aliphatic carbocycles. The number of hydrogen-bond donors (Lipinski definition) is 2. The molecule has 0 saturated carbocycles. The summed E-state index contributed by atoms with van der Waals surface area (Å²) in [5.41, 5.74) is 1.44. The van der Waals surface area contributed by atoms with Crippen molar-refractivity contribution < 1.29 is 0 Å². The molecule has 0 bridgehead atoms. The molecule has 0 amide bonds. The Labute approximate surface area is 169 Å². The van der Waals surface area contributed by atoms with Crippen LogP contribution in [0.25, 0.3) is 0 Å². The summed E-state index contributed by atoms with van der Waals surface area (Å²) in [6, 6.07) is 10.8. The minimum Gasteiger partial charge on any atom is -0.357 e. The summed E-state index contributed by atoms with van der Waals surface area (Å²) in [5.74, 6) is 3.01. The van der Waals surface area contributed by atoms with Crippen molar-refractivity contribution in [3.63, 3.8) is 0 Å². The van der Waals surface area contributed by atoms with E-state index in [4.69, 9.17) is 4.99 Å². The van der Waals surface area contributed by atoms with Crippen LogP contribution in [0.3, 0.4) is 0 Å². The Kier molecular flexibility index (Phi) is 7.89. The smallest absolute Gasteiger partial charge is 0.191 e. The van der Waals surface area contributed by atoms with Gasteiger partial charge in [0.25, 0.3) is 0 Å². The summed E-state index contributed by atoms with van der Waals surface area (Å²) in [4.78, 5) is 7.49. The molecular weight excluding hydrogens is 352 g/mol. The second-order valence-corrected chi connectivity index (χ2v) is 9.85. The summed E-state index contributed by atoms with van der Waals surface area (Å²) in [7, 11) is 0. The van der Waals surface area contributed by atoms with Crippen molar-refractivity contribution in [2.75, 3.05) is 45.0 Å². The second kappa shape index (κ2) is 10.4. The zero-order valence-corrected chi connectivity index (χ0v) is 17.9. The summed E-state index contributed by atoms with van der Waals surface area (Å²) in [5, 5.41) is 7.02. The van der Waals surface area contributed by atoms with Gasteiger partial charge < -0.3 is 15.5 Å². The highest BCUT2D eigenvalue weighted by molar-refractivity contribution is 8.00. The molecule has 0 spiro atoms. The maximum Gasteiger partial charge on any atom is 0.191 e. The Morgan fingerprint density at radius 1 is 1.30 bits per heavy atom. The summed E-state index contributed by atoms with van der Waals surface area (Å²) >= 11 is 2.08. The Morgan fingerprint density at radius 3 is 2.89 bits per heavy atom. The van der Waals surface area contributed by atoms with Crippen LogP contribution in [-0.2, 0) is 6.42 Å². The van der Waals surface area contributed by atoms with Crippen LogP contribution in [0, 0.1) is 5.92 Å². The highest BCUT2D eigenvalue weighted by atomic mass is 32.2. The van der Waals surface area contributed by atoms with E-state index in [1.165, 1.54) is 50.2 Å². The molecule has 1 aromatic rings. The molecular formula is C22H36N4S. The monoisotopic (exact) mass is 388 g/mol. The number of rotatable bonds is 8. The molecule has 1 aromatic carbocycles. The first kappa shape index (κ1) is 20.5. The van der Waals surface area contributed by atoms with E-state index >= 15 is 0 Å². The highest BCUT2D eigenvalue weighted by Gasteiger charge is 2.29.